The molecule has 1 amide bonds. The maximum absolute atomic E-state index is 11.3. The van der Waals surface area contributed by atoms with Gasteiger partial charge in [-0.3, -0.25) is 19.7 Å². The summed E-state index contributed by atoms with van der Waals surface area (Å²) in [6.07, 6.45) is -0.868. The van der Waals surface area contributed by atoms with Crippen molar-refractivity contribution in [3.63, 3.8) is 0 Å². The van der Waals surface area contributed by atoms with E-state index in [1.807, 2.05) is 12.1 Å². The van der Waals surface area contributed by atoms with Gasteiger partial charge in [-0.25, -0.2) is 4.79 Å². The van der Waals surface area contributed by atoms with Crippen LogP contribution in [-0.4, -0.2) is 56.7 Å². The Morgan fingerprint density at radius 2 is 1.71 bits per heavy atom. The number of benzene rings is 1. The van der Waals surface area contributed by atoms with Crippen LogP contribution < -0.4 is 16.8 Å². The van der Waals surface area contributed by atoms with E-state index in [0.29, 0.717) is 5.56 Å². The normalized spacial score (nSPS) is 22.7. The highest BCUT2D eigenvalue weighted by molar-refractivity contribution is 8.02. The van der Waals surface area contributed by atoms with Crippen molar-refractivity contribution >= 4 is 35.4 Å². The molecule has 1 fully saturated rings. The zero-order chi connectivity index (χ0) is 23.8. The molecule has 0 saturated carbocycles. The lowest BCUT2D eigenvalue weighted by atomic mass is 10.0. The van der Waals surface area contributed by atoms with Crippen molar-refractivity contribution in [2.45, 2.75) is 35.3 Å². The maximum atomic E-state index is 11.3. The lowest BCUT2D eigenvalue weighted by molar-refractivity contribution is -0.192. The number of carboxylic acids is 2. The molecule has 1 aromatic rings. The molecule has 1 aliphatic carbocycles. The average molecular weight is 463 g/mol. The molecule has 31 heavy (non-hydrogen) atoms. The number of alkyl halides is 3. The lowest BCUT2D eigenvalue weighted by Crippen LogP contribution is -2.41. The van der Waals surface area contributed by atoms with E-state index in [2.05, 4.69) is 5.32 Å². The number of ketones is 1. The van der Waals surface area contributed by atoms with Gasteiger partial charge < -0.3 is 21.7 Å². The predicted molar refractivity (Wildman–Crippen MR) is 105 cm³/mol. The monoisotopic (exact) mass is 463 g/mol. The van der Waals surface area contributed by atoms with Crippen molar-refractivity contribution in [3.05, 3.63) is 48.0 Å². The summed E-state index contributed by atoms with van der Waals surface area (Å²) in [5, 5.41) is 18.1. The number of allylic oxidation sites excluding steroid dienone is 1. The van der Waals surface area contributed by atoms with E-state index in [1.54, 1.807) is 30.3 Å². The average Bonchev–Trinajstić information content (AvgIpc) is 3.14. The fourth-order valence-electron chi connectivity index (χ4n) is 2.40. The number of amides is 1. The Labute approximate surface area is 178 Å². The van der Waals surface area contributed by atoms with Crippen LogP contribution in [0, 0.1) is 0 Å². The third-order valence-electron chi connectivity index (χ3n) is 3.89. The Morgan fingerprint density at radius 1 is 1.16 bits per heavy atom. The first-order chi connectivity index (χ1) is 14.3. The number of rotatable bonds is 3. The number of primary amides is 1. The number of halogens is 3. The molecule has 0 aromatic heterocycles. The van der Waals surface area contributed by atoms with Crippen molar-refractivity contribution < 1.29 is 42.6 Å². The molecule has 1 heterocycles. The van der Waals surface area contributed by atoms with Gasteiger partial charge in [0.25, 0.3) is 0 Å². The first-order valence-electron chi connectivity index (χ1n) is 8.59. The molecular weight excluding hydrogens is 443 g/mol. The first kappa shape index (κ1) is 26.1. The van der Waals surface area contributed by atoms with E-state index in [4.69, 9.17) is 26.5 Å². The molecule has 1 saturated heterocycles. The highest BCUT2D eigenvalue weighted by Crippen LogP contribution is 2.32. The third kappa shape index (κ3) is 8.39. The SMILES string of the molecule is NC(=O)C1NC2CC=CC(=O)C2S1.N[C@H](C(=O)O)c1ccccc1.O=C(O)C(F)(F)F. The molecule has 3 unspecified atom stereocenters. The molecular formula is C18H20F3N3O6S. The van der Waals surface area contributed by atoms with E-state index < -0.39 is 35.4 Å². The van der Waals surface area contributed by atoms with Gasteiger partial charge in [-0.15, -0.1) is 11.8 Å². The second-order valence-corrected chi connectivity index (χ2v) is 7.43. The number of fused-ring (bicyclic) bond motifs is 1. The third-order valence-corrected chi connectivity index (χ3v) is 5.39. The zero-order valence-electron chi connectivity index (χ0n) is 15.8. The van der Waals surface area contributed by atoms with Crippen LogP contribution in [0.1, 0.15) is 18.0 Å². The van der Waals surface area contributed by atoms with Gasteiger partial charge in [0.05, 0.1) is 5.25 Å². The van der Waals surface area contributed by atoms with Crippen molar-refractivity contribution in [3.8, 4) is 0 Å². The van der Waals surface area contributed by atoms with Crippen LogP contribution >= 0.6 is 11.8 Å². The minimum Gasteiger partial charge on any atom is -0.480 e. The van der Waals surface area contributed by atoms with Gasteiger partial charge in [0.2, 0.25) is 5.91 Å². The minimum absolute atomic E-state index is 0.0810. The summed E-state index contributed by atoms with van der Waals surface area (Å²) >= 11 is 1.32. The summed E-state index contributed by atoms with van der Waals surface area (Å²) in [6.45, 7) is 0. The smallest absolute Gasteiger partial charge is 0.480 e. The summed E-state index contributed by atoms with van der Waals surface area (Å²) in [7, 11) is 0. The van der Waals surface area contributed by atoms with Crippen LogP contribution in [0.15, 0.2) is 42.5 Å². The van der Waals surface area contributed by atoms with Crippen LogP contribution in [0.3, 0.4) is 0 Å². The number of thioether (sulfide) groups is 1. The molecule has 0 radical (unpaired) electrons. The summed E-state index contributed by atoms with van der Waals surface area (Å²) in [5.41, 5.74) is 11.1. The van der Waals surface area contributed by atoms with Gasteiger partial charge in [-0.2, -0.15) is 13.2 Å². The number of nitrogens with two attached hydrogens (primary N) is 2. The standard InChI is InChI=1S/C8H10N2O2S.C8H9NO2.C2HF3O2/c9-7(12)8-10-4-2-1-3-5(11)6(4)13-8;9-7(8(10)11)6-4-2-1-3-5-6;3-2(4,5)1(6)7/h1,3-4,6,8,10H,2H2,(H2,9,12);1-5,7H,9H2,(H,10,11);(H,6,7)/t;7-;/m.0./s1. The van der Waals surface area contributed by atoms with Crippen LogP contribution in [0.4, 0.5) is 13.2 Å². The number of aliphatic carboxylic acids is 2. The van der Waals surface area contributed by atoms with Gasteiger partial charge in [0, 0.05) is 6.04 Å². The molecule has 170 valence electrons. The Morgan fingerprint density at radius 3 is 2.13 bits per heavy atom. The minimum atomic E-state index is -5.08. The first-order valence-corrected chi connectivity index (χ1v) is 9.53. The maximum Gasteiger partial charge on any atom is 0.490 e. The molecule has 7 N–H and O–H groups in total. The molecule has 3 rings (SSSR count). The Hall–Kier alpha value is -2.90. The molecule has 9 nitrogen and oxygen atoms in total. The molecule has 4 atom stereocenters. The van der Waals surface area contributed by atoms with E-state index in [-0.39, 0.29) is 17.1 Å². The fraction of sp³-hybridized carbons (Fsp3) is 0.333. The van der Waals surface area contributed by atoms with Crippen molar-refractivity contribution in [1.29, 1.82) is 0 Å². The van der Waals surface area contributed by atoms with Crippen LogP contribution in [-0.2, 0) is 19.2 Å². The fourth-order valence-corrected chi connectivity index (χ4v) is 3.67. The Kier molecular flexibility index (Phi) is 9.68. The molecule has 1 aliphatic heterocycles. The summed E-state index contributed by atoms with van der Waals surface area (Å²) in [6, 6.07) is 7.91. The highest BCUT2D eigenvalue weighted by Gasteiger charge is 2.41. The van der Waals surface area contributed by atoms with Gasteiger partial charge in [-0.1, -0.05) is 36.4 Å². The molecule has 0 bridgehead atoms. The van der Waals surface area contributed by atoms with Gasteiger partial charge >= 0.3 is 18.1 Å². The van der Waals surface area contributed by atoms with E-state index in [0.717, 1.165) is 6.42 Å². The number of hydrogen-bond donors (Lipinski definition) is 5. The molecule has 0 spiro atoms. The summed E-state index contributed by atoms with van der Waals surface area (Å²) in [5.74, 6) is -4.08. The van der Waals surface area contributed by atoms with Crippen molar-refractivity contribution in [1.82, 2.24) is 5.32 Å². The Bertz CT molecular complexity index is 835. The summed E-state index contributed by atoms with van der Waals surface area (Å²) in [4.78, 5) is 41.5. The molecule has 13 heteroatoms. The highest BCUT2D eigenvalue weighted by atomic mass is 32.2. The number of carbonyl (C=O) groups excluding carboxylic acids is 2. The number of carboxylic acid groups (broad SMARTS) is 2. The van der Waals surface area contributed by atoms with E-state index in [9.17, 15) is 27.6 Å². The Balaban J connectivity index is 0.000000245. The summed E-state index contributed by atoms with van der Waals surface area (Å²) < 4.78 is 31.7. The van der Waals surface area contributed by atoms with Crippen molar-refractivity contribution in [2.24, 2.45) is 11.5 Å². The number of carbonyl (C=O) groups is 4. The van der Waals surface area contributed by atoms with Crippen LogP contribution in [0.25, 0.3) is 0 Å². The number of hydrogen-bond acceptors (Lipinski definition) is 7. The van der Waals surface area contributed by atoms with Gasteiger partial charge in [0.15, 0.2) is 5.78 Å². The molecule has 2 aliphatic rings. The largest absolute Gasteiger partial charge is 0.490 e. The lowest BCUT2D eigenvalue weighted by Gasteiger charge is -2.17. The quantitative estimate of drug-likeness (QED) is 0.435. The number of nitrogens with one attached hydrogen (secondary N) is 1. The van der Waals surface area contributed by atoms with Gasteiger partial charge in [-0.05, 0) is 18.1 Å². The zero-order valence-corrected chi connectivity index (χ0v) is 16.6. The second-order valence-electron chi connectivity index (χ2n) is 6.18. The second kappa shape index (κ2) is 11.5. The van der Waals surface area contributed by atoms with E-state index in [1.165, 1.54) is 11.8 Å². The van der Waals surface area contributed by atoms with Gasteiger partial charge in [0.1, 0.15) is 11.4 Å². The topological polar surface area (TPSA) is 173 Å². The van der Waals surface area contributed by atoms with Crippen LogP contribution in [0.2, 0.25) is 0 Å². The van der Waals surface area contributed by atoms with Crippen molar-refractivity contribution in [2.75, 3.05) is 0 Å². The molecule has 1 aromatic carbocycles. The predicted octanol–water partition coefficient (Wildman–Crippen LogP) is 0.805. The van der Waals surface area contributed by atoms with Crippen LogP contribution in [0.5, 0.6) is 0 Å². The van der Waals surface area contributed by atoms with E-state index >= 15 is 0 Å².